The number of methoxy groups -OCH3 is 2. The Hall–Kier alpha value is -3.46. The Labute approximate surface area is 183 Å². The van der Waals surface area contributed by atoms with Gasteiger partial charge in [0.05, 0.1) is 30.7 Å². The highest BCUT2D eigenvalue weighted by atomic mass is 32.1. The number of carbonyl (C=O) groups excluding carboxylic acids is 2. The molecule has 0 aliphatic carbocycles. The second-order valence-electron chi connectivity index (χ2n) is 6.87. The molecule has 31 heavy (non-hydrogen) atoms. The lowest BCUT2D eigenvalue weighted by Crippen LogP contribution is -2.25. The zero-order chi connectivity index (χ0) is 22.4. The van der Waals surface area contributed by atoms with Crippen LogP contribution >= 0.6 is 12.2 Å². The van der Waals surface area contributed by atoms with E-state index in [0.717, 1.165) is 11.3 Å². The molecule has 0 fully saturated rings. The first-order valence-electron chi connectivity index (χ1n) is 9.67. The quantitative estimate of drug-likeness (QED) is 0.412. The number of benzene rings is 2. The number of H-pyrrole nitrogens is 1. The van der Waals surface area contributed by atoms with Gasteiger partial charge in [-0.3, -0.25) is 14.2 Å². The van der Waals surface area contributed by atoms with Crippen molar-refractivity contribution in [2.75, 3.05) is 14.2 Å². The number of ether oxygens (including phenoxy) is 2. The molecule has 1 aromatic heterocycles. The second-order valence-corrected chi connectivity index (χ2v) is 7.25. The number of fused-ring (bicyclic) bond motifs is 1. The van der Waals surface area contributed by atoms with Gasteiger partial charge >= 0.3 is 5.97 Å². The molecule has 0 spiro atoms. The number of nitrogens with one attached hydrogen (secondary N) is 2. The van der Waals surface area contributed by atoms with Gasteiger partial charge in [-0.05, 0) is 54.5 Å². The molecule has 0 saturated carbocycles. The Bertz CT molecular complexity index is 1210. The van der Waals surface area contributed by atoms with Crippen LogP contribution in [0.5, 0.6) is 5.75 Å². The molecule has 2 aromatic carbocycles. The molecule has 8 nitrogen and oxygen atoms in total. The van der Waals surface area contributed by atoms with E-state index in [-0.39, 0.29) is 22.7 Å². The number of hydrogen-bond acceptors (Lipinski definition) is 6. The maximum atomic E-state index is 12.8. The summed E-state index contributed by atoms with van der Waals surface area (Å²) in [6.07, 6.45) is 0.717. The maximum Gasteiger partial charge on any atom is 0.337 e. The largest absolute Gasteiger partial charge is 0.497 e. The van der Waals surface area contributed by atoms with Gasteiger partial charge < -0.3 is 19.8 Å². The summed E-state index contributed by atoms with van der Waals surface area (Å²) in [5.41, 5.74) is 1.49. The van der Waals surface area contributed by atoms with Crippen LogP contribution in [0.2, 0.25) is 0 Å². The van der Waals surface area contributed by atoms with Crippen LogP contribution in [0.1, 0.15) is 28.8 Å². The zero-order valence-electron chi connectivity index (χ0n) is 17.3. The molecular formula is C22H23N3O5S. The fourth-order valence-electron chi connectivity index (χ4n) is 3.13. The lowest BCUT2D eigenvalue weighted by atomic mass is 10.1. The number of rotatable bonds is 8. The van der Waals surface area contributed by atoms with E-state index in [2.05, 4.69) is 10.3 Å². The molecule has 3 rings (SSSR count). The maximum absolute atomic E-state index is 12.8. The van der Waals surface area contributed by atoms with Crippen molar-refractivity contribution < 1.29 is 19.1 Å². The molecule has 3 aromatic rings. The number of nitrogens with zero attached hydrogens (tertiary/aromatic N) is 1. The third-order valence-electron chi connectivity index (χ3n) is 4.84. The first kappa shape index (κ1) is 22.2. The molecule has 162 valence electrons. The molecule has 0 unspecified atom stereocenters. The topological polar surface area (TPSA) is 102 Å². The minimum Gasteiger partial charge on any atom is -0.497 e. The molecule has 9 heteroatoms. The highest BCUT2D eigenvalue weighted by Gasteiger charge is 2.11. The third-order valence-corrected chi connectivity index (χ3v) is 5.16. The molecule has 0 bridgehead atoms. The fourth-order valence-corrected chi connectivity index (χ4v) is 3.42. The van der Waals surface area contributed by atoms with E-state index in [0.29, 0.717) is 36.0 Å². The first-order chi connectivity index (χ1) is 14.9. The van der Waals surface area contributed by atoms with Gasteiger partial charge in [0.1, 0.15) is 5.75 Å². The summed E-state index contributed by atoms with van der Waals surface area (Å²) < 4.78 is 11.5. The number of carbonyl (C=O) groups is 2. The summed E-state index contributed by atoms with van der Waals surface area (Å²) in [5, 5.41) is 3.27. The minimum absolute atomic E-state index is 0.109. The summed E-state index contributed by atoms with van der Waals surface area (Å²) in [6, 6.07) is 12.1. The number of aromatic nitrogens is 2. The van der Waals surface area contributed by atoms with Crippen LogP contribution in [0.4, 0.5) is 0 Å². The number of esters is 1. The predicted molar refractivity (Wildman–Crippen MR) is 119 cm³/mol. The van der Waals surface area contributed by atoms with Gasteiger partial charge in [0.15, 0.2) is 4.77 Å². The van der Waals surface area contributed by atoms with Crippen molar-refractivity contribution in [2.45, 2.75) is 25.9 Å². The van der Waals surface area contributed by atoms with E-state index in [1.807, 2.05) is 24.3 Å². The molecular weight excluding hydrogens is 418 g/mol. The van der Waals surface area contributed by atoms with Crippen LogP contribution in [0.3, 0.4) is 0 Å². The molecule has 0 radical (unpaired) electrons. The first-order valence-corrected chi connectivity index (χ1v) is 10.1. The number of amides is 1. The average Bonchev–Trinajstić information content (AvgIpc) is 2.79. The van der Waals surface area contributed by atoms with Crippen molar-refractivity contribution in [3.05, 3.63) is 68.7 Å². The Balaban J connectivity index is 1.61. The van der Waals surface area contributed by atoms with Crippen LogP contribution < -0.4 is 15.6 Å². The standard InChI is InChI=1S/C22H23N3O5S/c1-29-16-8-5-14(6-9-16)13-23-19(26)4-3-11-25-20(27)17-10-7-15(21(28)30-2)12-18(17)24-22(25)31/h5-10,12H,3-4,11,13H2,1-2H3,(H,23,26)(H,24,31). The van der Waals surface area contributed by atoms with E-state index in [1.165, 1.54) is 23.8 Å². The Morgan fingerprint density at radius 2 is 1.87 bits per heavy atom. The number of hydrogen-bond donors (Lipinski definition) is 2. The van der Waals surface area contributed by atoms with Crippen LogP contribution in [-0.4, -0.2) is 35.6 Å². The van der Waals surface area contributed by atoms with Gasteiger partial charge in [-0.2, -0.15) is 0 Å². The molecule has 0 saturated heterocycles. The molecule has 1 amide bonds. The van der Waals surface area contributed by atoms with Gasteiger partial charge in [0.2, 0.25) is 5.91 Å². The molecule has 0 aliphatic heterocycles. The lowest BCUT2D eigenvalue weighted by molar-refractivity contribution is -0.121. The molecule has 2 N–H and O–H groups in total. The smallest absolute Gasteiger partial charge is 0.337 e. The summed E-state index contributed by atoms with van der Waals surface area (Å²) in [4.78, 5) is 39.6. The third kappa shape index (κ3) is 5.37. The lowest BCUT2D eigenvalue weighted by Gasteiger charge is -2.09. The average molecular weight is 442 g/mol. The van der Waals surface area contributed by atoms with Gasteiger partial charge in [0, 0.05) is 19.5 Å². The van der Waals surface area contributed by atoms with Crippen LogP contribution in [0.25, 0.3) is 10.9 Å². The van der Waals surface area contributed by atoms with E-state index in [9.17, 15) is 14.4 Å². The highest BCUT2D eigenvalue weighted by molar-refractivity contribution is 7.71. The Morgan fingerprint density at radius 1 is 1.13 bits per heavy atom. The monoisotopic (exact) mass is 441 g/mol. The van der Waals surface area contributed by atoms with Crippen molar-refractivity contribution in [2.24, 2.45) is 0 Å². The highest BCUT2D eigenvalue weighted by Crippen LogP contribution is 2.13. The van der Waals surface area contributed by atoms with Crippen molar-refractivity contribution in [3.8, 4) is 5.75 Å². The van der Waals surface area contributed by atoms with Crippen LogP contribution in [-0.2, 0) is 22.6 Å². The van der Waals surface area contributed by atoms with Crippen molar-refractivity contribution in [1.82, 2.24) is 14.9 Å². The van der Waals surface area contributed by atoms with Gasteiger partial charge in [-0.1, -0.05) is 12.1 Å². The summed E-state index contributed by atoms with van der Waals surface area (Å²) in [7, 11) is 2.89. The molecule has 0 aliphatic rings. The molecule has 0 atom stereocenters. The van der Waals surface area contributed by atoms with E-state index in [4.69, 9.17) is 21.7 Å². The van der Waals surface area contributed by atoms with E-state index in [1.54, 1.807) is 13.2 Å². The van der Waals surface area contributed by atoms with Gasteiger partial charge in [-0.15, -0.1) is 0 Å². The predicted octanol–water partition coefficient (Wildman–Crippen LogP) is 2.95. The van der Waals surface area contributed by atoms with Gasteiger partial charge in [-0.25, -0.2) is 4.79 Å². The zero-order valence-corrected chi connectivity index (χ0v) is 18.1. The Morgan fingerprint density at radius 3 is 2.55 bits per heavy atom. The summed E-state index contributed by atoms with van der Waals surface area (Å²) in [5.74, 6) is 0.155. The van der Waals surface area contributed by atoms with Crippen molar-refractivity contribution in [1.29, 1.82) is 0 Å². The Kier molecular flexibility index (Phi) is 7.19. The van der Waals surface area contributed by atoms with Gasteiger partial charge in [0.25, 0.3) is 5.56 Å². The SMILES string of the molecule is COC(=O)c1ccc2c(=O)n(CCCC(=O)NCc3ccc(OC)cc3)c(=S)[nH]c2c1. The van der Waals surface area contributed by atoms with Crippen LogP contribution in [0.15, 0.2) is 47.3 Å². The van der Waals surface area contributed by atoms with E-state index < -0.39 is 5.97 Å². The normalized spacial score (nSPS) is 10.6. The molecule has 1 heterocycles. The van der Waals surface area contributed by atoms with Crippen molar-refractivity contribution in [3.63, 3.8) is 0 Å². The summed E-state index contributed by atoms with van der Waals surface area (Å²) >= 11 is 5.30. The number of aromatic amines is 1. The minimum atomic E-state index is -0.494. The second kappa shape index (κ2) is 10.0. The summed E-state index contributed by atoms with van der Waals surface area (Å²) in [6.45, 7) is 0.722. The fraction of sp³-hybridized carbons (Fsp3) is 0.273. The van der Waals surface area contributed by atoms with Crippen molar-refractivity contribution >= 4 is 35.0 Å². The van der Waals surface area contributed by atoms with Crippen LogP contribution in [0, 0.1) is 4.77 Å². The van der Waals surface area contributed by atoms with E-state index >= 15 is 0 Å².